The first kappa shape index (κ1) is 29.2. The van der Waals surface area contributed by atoms with Crippen LogP contribution in [0.4, 0.5) is 22.0 Å². The number of carbonyl (C=O) groups excluding carboxylic acids is 2. The normalized spacial score (nSPS) is 15.0. The zero-order valence-corrected chi connectivity index (χ0v) is 22.7. The quantitative estimate of drug-likeness (QED) is 0.171. The molecule has 2 amide bonds. The molecule has 4 N–H and O–H groups in total. The summed E-state index contributed by atoms with van der Waals surface area (Å²) in [6.45, 7) is 1.63. The van der Waals surface area contributed by atoms with E-state index in [2.05, 4.69) is 15.6 Å². The Morgan fingerprint density at radius 1 is 1.02 bits per heavy atom. The summed E-state index contributed by atoms with van der Waals surface area (Å²) >= 11 is 0. The maximum atomic E-state index is 14.9. The molecule has 220 valence electrons. The molecule has 4 aromatic rings. The van der Waals surface area contributed by atoms with E-state index >= 15 is 0 Å². The number of nitrogens with zero attached hydrogens (tertiary/aromatic N) is 1. The van der Waals surface area contributed by atoms with Gasteiger partial charge in [0, 0.05) is 24.6 Å². The van der Waals surface area contributed by atoms with Gasteiger partial charge in [-0.3, -0.25) is 9.59 Å². The number of amides is 2. The number of alkyl halides is 3. The van der Waals surface area contributed by atoms with Crippen LogP contribution in [0, 0.1) is 17.6 Å². The fraction of sp³-hybridized carbons (Fsp3) is 0.300. The van der Waals surface area contributed by atoms with Crippen LogP contribution in [0.5, 0.6) is 0 Å². The average molecular weight is 587 g/mol. The largest absolute Gasteiger partial charge is 0.437 e. The Hall–Kier alpha value is -4.32. The minimum Gasteiger partial charge on any atom is -0.437 e. The van der Waals surface area contributed by atoms with Gasteiger partial charge < -0.3 is 20.8 Å². The highest BCUT2D eigenvalue weighted by molar-refractivity contribution is 6.11. The minimum atomic E-state index is -4.51. The van der Waals surface area contributed by atoms with E-state index in [1.165, 1.54) is 49.5 Å². The van der Waals surface area contributed by atoms with E-state index in [4.69, 9.17) is 10.2 Å². The number of nitrogens with two attached hydrogens (primary N) is 1. The van der Waals surface area contributed by atoms with Crippen LogP contribution in [0.15, 0.2) is 52.9 Å². The third kappa shape index (κ3) is 5.98. The zero-order chi connectivity index (χ0) is 30.4. The summed E-state index contributed by atoms with van der Waals surface area (Å²) in [4.78, 5) is 30.4. The maximum Gasteiger partial charge on any atom is 0.389 e. The highest BCUT2D eigenvalue weighted by atomic mass is 19.4. The van der Waals surface area contributed by atoms with Crippen molar-refractivity contribution in [1.29, 1.82) is 0 Å². The summed E-state index contributed by atoms with van der Waals surface area (Å²) in [6, 6.07) is 10.1. The molecule has 2 heterocycles. The van der Waals surface area contributed by atoms with E-state index in [0.29, 0.717) is 5.56 Å². The number of benzene rings is 2. The Labute approximate surface area is 237 Å². The Balaban J connectivity index is 1.67. The second-order valence-corrected chi connectivity index (χ2v) is 10.5. The number of halogens is 5. The van der Waals surface area contributed by atoms with E-state index in [1.54, 1.807) is 6.92 Å². The highest BCUT2D eigenvalue weighted by Crippen LogP contribution is 2.39. The molecule has 7 nitrogen and oxygen atoms in total. The molecule has 42 heavy (non-hydrogen) atoms. The van der Waals surface area contributed by atoms with Crippen LogP contribution >= 0.6 is 0 Å². The lowest BCUT2D eigenvalue weighted by Gasteiger charge is -2.26. The SMILES string of the molecule is CNC(=O)c1c(-c2ccc(F)cc2)oc2nc(CCC(F)(F)F)c(-c3ccc(F)c(C(=O)NC(C)(N)C4CC4)c3)cc12. The van der Waals surface area contributed by atoms with Gasteiger partial charge in [-0.15, -0.1) is 0 Å². The molecule has 2 aromatic carbocycles. The standard InChI is InChI=1S/C30H27F5N4O3/c1-29(36,17-6-7-17)39-26(40)20-13-16(5-10-22(20)32)19-14-21-24(27(41)37-2)25(15-3-8-18(31)9-4-15)42-28(21)38-23(19)11-12-30(33,34)35/h3-5,8-10,13-14,17H,6-7,11-12,36H2,1-2H3,(H,37,41)(H,39,40). The van der Waals surface area contributed by atoms with Crippen molar-refractivity contribution in [3.8, 4) is 22.5 Å². The topological polar surface area (TPSA) is 110 Å². The third-order valence-corrected chi connectivity index (χ3v) is 7.30. The van der Waals surface area contributed by atoms with Crippen LogP contribution in [0.1, 0.15) is 52.6 Å². The average Bonchev–Trinajstić information content (AvgIpc) is 3.73. The van der Waals surface area contributed by atoms with Gasteiger partial charge >= 0.3 is 6.18 Å². The molecule has 1 atom stereocenters. The molecule has 1 aliphatic carbocycles. The number of nitrogens with one attached hydrogen (secondary N) is 2. The number of carbonyl (C=O) groups is 2. The molecule has 0 bridgehead atoms. The molecule has 2 aromatic heterocycles. The van der Waals surface area contributed by atoms with Gasteiger partial charge in [-0.05, 0) is 80.1 Å². The lowest BCUT2D eigenvalue weighted by molar-refractivity contribution is -0.134. The monoisotopic (exact) mass is 586 g/mol. The van der Waals surface area contributed by atoms with Crippen LogP contribution in [0.25, 0.3) is 33.6 Å². The first-order valence-electron chi connectivity index (χ1n) is 13.2. The van der Waals surface area contributed by atoms with Crippen LogP contribution < -0.4 is 16.4 Å². The van der Waals surface area contributed by atoms with Crippen LogP contribution in [0.2, 0.25) is 0 Å². The van der Waals surface area contributed by atoms with Crippen molar-refractivity contribution in [2.45, 2.75) is 44.4 Å². The number of fused-ring (bicyclic) bond motifs is 1. The number of aromatic nitrogens is 1. The number of furan rings is 1. The number of pyridine rings is 1. The molecule has 0 spiro atoms. The van der Waals surface area contributed by atoms with Crippen LogP contribution in [-0.4, -0.2) is 35.7 Å². The van der Waals surface area contributed by atoms with E-state index in [0.717, 1.165) is 18.9 Å². The summed E-state index contributed by atoms with van der Waals surface area (Å²) in [6.07, 6.45) is -4.64. The molecule has 5 rings (SSSR count). The number of hydrogen-bond donors (Lipinski definition) is 3. The minimum absolute atomic E-state index is 0.0265. The smallest absolute Gasteiger partial charge is 0.389 e. The fourth-order valence-corrected chi connectivity index (χ4v) is 4.88. The van der Waals surface area contributed by atoms with Gasteiger partial charge in [0.25, 0.3) is 11.8 Å². The molecule has 1 unspecified atom stereocenters. The molecule has 1 saturated carbocycles. The van der Waals surface area contributed by atoms with Crippen molar-refractivity contribution in [2.24, 2.45) is 11.7 Å². The van der Waals surface area contributed by atoms with Gasteiger partial charge in [0.05, 0.1) is 27.9 Å². The van der Waals surface area contributed by atoms with Gasteiger partial charge in [-0.25, -0.2) is 13.8 Å². The predicted molar refractivity (Wildman–Crippen MR) is 145 cm³/mol. The van der Waals surface area contributed by atoms with Gasteiger partial charge in [0.1, 0.15) is 17.4 Å². The number of aryl methyl sites for hydroxylation is 1. The third-order valence-electron chi connectivity index (χ3n) is 7.30. The second kappa shape index (κ2) is 10.8. The van der Waals surface area contributed by atoms with E-state index in [-0.39, 0.29) is 50.7 Å². The highest BCUT2D eigenvalue weighted by Gasteiger charge is 2.40. The fourth-order valence-electron chi connectivity index (χ4n) is 4.88. The van der Waals surface area contributed by atoms with E-state index in [1.807, 2.05) is 0 Å². The molecular weight excluding hydrogens is 559 g/mol. The number of rotatable bonds is 8. The molecule has 0 saturated heterocycles. The zero-order valence-electron chi connectivity index (χ0n) is 22.7. The van der Waals surface area contributed by atoms with Gasteiger partial charge in [-0.2, -0.15) is 13.2 Å². The summed E-state index contributed by atoms with van der Waals surface area (Å²) in [7, 11) is 1.39. The van der Waals surface area contributed by atoms with Crippen molar-refractivity contribution in [2.75, 3.05) is 7.05 Å². The van der Waals surface area contributed by atoms with Crippen LogP contribution in [-0.2, 0) is 6.42 Å². The molecule has 1 fully saturated rings. The Kier molecular flexibility index (Phi) is 7.52. The summed E-state index contributed by atoms with van der Waals surface area (Å²) in [5.74, 6) is -2.63. The Morgan fingerprint density at radius 2 is 1.69 bits per heavy atom. The lowest BCUT2D eigenvalue weighted by Crippen LogP contribution is -2.55. The first-order chi connectivity index (χ1) is 19.8. The predicted octanol–water partition coefficient (Wildman–Crippen LogP) is 6.11. The molecule has 0 radical (unpaired) electrons. The van der Waals surface area contributed by atoms with Crippen molar-refractivity contribution < 1.29 is 36.0 Å². The molecule has 1 aliphatic rings. The van der Waals surface area contributed by atoms with Crippen molar-refractivity contribution >= 4 is 22.9 Å². The molecular formula is C30H27F5N4O3. The Morgan fingerprint density at radius 3 is 2.31 bits per heavy atom. The first-order valence-corrected chi connectivity index (χ1v) is 13.2. The summed E-state index contributed by atoms with van der Waals surface area (Å²) in [5, 5.41) is 5.31. The van der Waals surface area contributed by atoms with E-state index < -0.39 is 48.1 Å². The summed E-state index contributed by atoms with van der Waals surface area (Å²) < 4.78 is 74.1. The van der Waals surface area contributed by atoms with Crippen molar-refractivity contribution in [3.05, 3.63) is 77.0 Å². The second-order valence-electron chi connectivity index (χ2n) is 10.5. The Bertz CT molecular complexity index is 1680. The molecule has 0 aliphatic heterocycles. The van der Waals surface area contributed by atoms with Gasteiger partial charge in [-0.1, -0.05) is 6.07 Å². The van der Waals surface area contributed by atoms with Crippen molar-refractivity contribution in [1.82, 2.24) is 15.6 Å². The maximum absolute atomic E-state index is 14.9. The van der Waals surface area contributed by atoms with Gasteiger partial charge in [0.15, 0.2) is 0 Å². The van der Waals surface area contributed by atoms with E-state index in [9.17, 15) is 31.5 Å². The lowest BCUT2D eigenvalue weighted by atomic mass is 9.96. The van der Waals surface area contributed by atoms with Crippen LogP contribution in [0.3, 0.4) is 0 Å². The van der Waals surface area contributed by atoms with Gasteiger partial charge in [0.2, 0.25) is 5.71 Å². The van der Waals surface area contributed by atoms with Crippen molar-refractivity contribution in [3.63, 3.8) is 0 Å². The molecule has 12 heteroatoms. The summed E-state index contributed by atoms with van der Waals surface area (Å²) in [5.41, 5.74) is 5.35. The number of hydrogen-bond acceptors (Lipinski definition) is 5.